The molecule has 0 bridgehead atoms. The minimum Gasteiger partial charge on any atom is -0.465 e. The van der Waals surface area contributed by atoms with E-state index in [1.54, 1.807) is 12.1 Å². The lowest BCUT2D eigenvalue weighted by Crippen LogP contribution is -2.28. The van der Waals surface area contributed by atoms with Crippen molar-refractivity contribution in [3.63, 3.8) is 0 Å². The highest BCUT2D eigenvalue weighted by molar-refractivity contribution is 7.99. The Labute approximate surface area is 146 Å². The van der Waals surface area contributed by atoms with Crippen LogP contribution in [0.2, 0.25) is 0 Å². The highest BCUT2D eigenvalue weighted by atomic mass is 32.2. The number of carbonyl (C=O) groups excluding carboxylic acids is 2. The molecule has 0 saturated carbocycles. The molecule has 2 aromatic rings. The van der Waals surface area contributed by atoms with Gasteiger partial charge in [0.25, 0.3) is 0 Å². The lowest BCUT2D eigenvalue weighted by molar-refractivity contribution is -0.119. The van der Waals surface area contributed by atoms with E-state index in [1.165, 1.54) is 18.9 Å². The summed E-state index contributed by atoms with van der Waals surface area (Å²) >= 11 is 1.52. The molecule has 0 aliphatic carbocycles. The van der Waals surface area contributed by atoms with Crippen LogP contribution in [0.5, 0.6) is 0 Å². The number of nitrogens with one attached hydrogen (secondary N) is 1. The summed E-state index contributed by atoms with van der Waals surface area (Å²) in [5, 5.41) is 2.99. The van der Waals surface area contributed by atoms with E-state index in [1.807, 2.05) is 49.4 Å². The maximum Gasteiger partial charge on any atom is 0.337 e. The number of hydrogen-bond acceptors (Lipinski definition) is 4. The summed E-state index contributed by atoms with van der Waals surface area (Å²) in [5.74, 6) is 0.689. The molecule has 1 amide bonds. The zero-order chi connectivity index (χ0) is 17.4. The number of esters is 1. The van der Waals surface area contributed by atoms with Gasteiger partial charge in [0, 0.05) is 5.75 Å². The molecule has 0 fully saturated rings. The first kappa shape index (κ1) is 18.1. The van der Waals surface area contributed by atoms with Crippen LogP contribution in [0.15, 0.2) is 54.6 Å². The van der Waals surface area contributed by atoms with Gasteiger partial charge in [0.05, 0.1) is 24.5 Å². The number of thioether (sulfide) groups is 1. The summed E-state index contributed by atoms with van der Waals surface area (Å²) < 4.78 is 4.71. The molecule has 0 spiro atoms. The highest BCUT2D eigenvalue weighted by Crippen LogP contribution is 2.15. The zero-order valence-electron chi connectivity index (χ0n) is 13.8. The maximum atomic E-state index is 12.0. The van der Waals surface area contributed by atoms with Crippen LogP contribution in [0.4, 0.5) is 0 Å². The van der Waals surface area contributed by atoms with Crippen molar-refractivity contribution in [2.45, 2.75) is 18.7 Å². The Morgan fingerprint density at radius 3 is 2.58 bits per heavy atom. The predicted octanol–water partition coefficient (Wildman–Crippen LogP) is 3.58. The number of rotatable bonds is 7. The molecule has 1 N–H and O–H groups in total. The normalized spacial score (nSPS) is 11.6. The first-order chi connectivity index (χ1) is 11.6. The number of hydrogen-bond donors (Lipinski definition) is 1. The lowest BCUT2D eigenvalue weighted by atomic mass is 10.1. The SMILES string of the molecule is COC(=O)c1cccc(CSCC(=O)NC(C)c2ccccc2)c1. The first-order valence-electron chi connectivity index (χ1n) is 7.69. The number of methoxy groups -OCH3 is 1. The number of carbonyl (C=O) groups is 2. The van der Waals surface area contributed by atoms with E-state index in [4.69, 9.17) is 4.74 Å². The van der Waals surface area contributed by atoms with Crippen molar-refractivity contribution in [1.29, 1.82) is 0 Å². The van der Waals surface area contributed by atoms with Crippen LogP contribution in [0.1, 0.15) is 34.5 Å². The Balaban J connectivity index is 1.79. The van der Waals surface area contributed by atoms with Crippen LogP contribution in [0, 0.1) is 0 Å². The van der Waals surface area contributed by atoms with Gasteiger partial charge in [0.2, 0.25) is 5.91 Å². The van der Waals surface area contributed by atoms with Gasteiger partial charge in [0.15, 0.2) is 0 Å². The smallest absolute Gasteiger partial charge is 0.337 e. The van der Waals surface area contributed by atoms with Crippen molar-refractivity contribution in [1.82, 2.24) is 5.32 Å². The van der Waals surface area contributed by atoms with Crippen LogP contribution < -0.4 is 5.32 Å². The molecule has 0 heterocycles. The Bertz CT molecular complexity index is 688. The van der Waals surface area contributed by atoms with E-state index < -0.39 is 0 Å². The lowest BCUT2D eigenvalue weighted by Gasteiger charge is -2.14. The minimum atomic E-state index is -0.351. The molecular weight excluding hydrogens is 322 g/mol. The molecule has 0 aliphatic rings. The third-order valence-electron chi connectivity index (χ3n) is 3.53. The molecule has 0 saturated heterocycles. The monoisotopic (exact) mass is 343 g/mol. The molecule has 24 heavy (non-hydrogen) atoms. The Morgan fingerprint density at radius 2 is 1.88 bits per heavy atom. The van der Waals surface area contributed by atoms with Crippen LogP contribution >= 0.6 is 11.8 Å². The summed E-state index contributed by atoms with van der Waals surface area (Å²) in [4.78, 5) is 23.5. The van der Waals surface area contributed by atoms with Gasteiger partial charge >= 0.3 is 5.97 Å². The second kappa shape index (κ2) is 9.13. The van der Waals surface area contributed by atoms with Gasteiger partial charge < -0.3 is 10.1 Å². The molecule has 0 aliphatic heterocycles. The second-order valence-electron chi connectivity index (χ2n) is 5.38. The molecular formula is C19H21NO3S. The van der Waals surface area contributed by atoms with E-state index in [2.05, 4.69) is 5.32 Å². The van der Waals surface area contributed by atoms with Gasteiger partial charge in [-0.3, -0.25) is 4.79 Å². The van der Waals surface area contributed by atoms with Gasteiger partial charge in [0.1, 0.15) is 0 Å². The van der Waals surface area contributed by atoms with Crippen molar-refractivity contribution in [2.24, 2.45) is 0 Å². The molecule has 2 aromatic carbocycles. The fourth-order valence-corrected chi connectivity index (χ4v) is 3.06. The standard InChI is InChI=1S/C19H21NO3S/c1-14(16-8-4-3-5-9-16)20-18(21)13-24-12-15-7-6-10-17(11-15)19(22)23-2/h3-11,14H,12-13H2,1-2H3,(H,20,21). The largest absolute Gasteiger partial charge is 0.465 e. The zero-order valence-corrected chi connectivity index (χ0v) is 14.6. The number of amides is 1. The van der Waals surface area contributed by atoms with Gasteiger partial charge in [-0.25, -0.2) is 4.79 Å². The number of benzene rings is 2. The van der Waals surface area contributed by atoms with E-state index in [0.29, 0.717) is 17.1 Å². The van der Waals surface area contributed by atoms with E-state index in [0.717, 1.165) is 11.1 Å². The van der Waals surface area contributed by atoms with Crippen LogP contribution in [0.3, 0.4) is 0 Å². The number of ether oxygens (including phenoxy) is 1. The molecule has 2 rings (SSSR count). The van der Waals surface area contributed by atoms with Crippen molar-refractivity contribution in [3.8, 4) is 0 Å². The molecule has 0 aromatic heterocycles. The van der Waals surface area contributed by atoms with Crippen LogP contribution in [-0.4, -0.2) is 24.7 Å². The van der Waals surface area contributed by atoms with E-state index in [9.17, 15) is 9.59 Å². The summed E-state index contributed by atoms with van der Waals surface area (Å²) in [7, 11) is 1.36. The molecule has 4 nitrogen and oxygen atoms in total. The van der Waals surface area contributed by atoms with Gasteiger partial charge in [-0.2, -0.15) is 0 Å². The van der Waals surface area contributed by atoms with Crippen molar-refractivity contribution in [2.75, 3.05) is 12.9 Å². The fourth-order valence-electron chi connectivity index (χ4n) is 2.28. The topological polar surface area (TPSA) is 55.4 Å². The van der Waals surface area contributed by atoms with Crippen molar-refractivity contribution < 1.29 is 14.3 Å². The van der Waals surface area contributed by atoms with E-state index >= 15 is 0 Å². The van der Waals surface area contributed by atoms with Gasteiger partial charge in [-0.1, -0.05) is 42.5 Å². The van der Waals surface area contributed by atoms with Crippen LogP contribution in [-0.2, 0) is 15.3 Å². The molecule has 126 valence electrons. The predicted molar refractivity (Wildman–Crippen MR) is 96.9 cm³/mol. The Hall–Kier alpha value is -2.27. The summed E-state index contributed by atoms with van der Waals surface area (Å²) in [6.07, 6.45) is 0. The summed E-state index contributed by atoms with van der Waals surface area (Å²) in [6, 6.07) is 17.1. The van der Waals surface area contributed by atoms with Gasteiger partial charge in [-0.15, -0.1) is 11.8 Å². The van der Waals surface area contributed by atoms with Crippen molar-refractivity contribution >= 4 is 23.6 Å². The summed E-state index contributed by atoms with van der Waals surface area (Å²) in [6.45, 7) is 1.97. The molecule has 1 atom stereocenters. The molecule has 5 heteroatoms. The fraction of sp³-hybridized carbons (Fsp3) is 0.263. The third-order valence-corrected chi connectivity index (χ3v) is 4.53. The average Bonchev–Trinajstić information content (AvgIpc) is 2.62. The Kier molecular flexibility index (Phi) is 6.88. The first-order valence-corrected chi connectivity index (χ1v) is 8.85. The molecule has 0 radical (unpaired) electrons. The van der Waals surface area contributed by atoms with E-state index in [-0.39, 0.29) is 17.9 Å². The van der Waals surface area contributed by atoms with Crippen molar-refractivity contribution in [3.05, 3.63) is 71.3 Å². The maximum absolute atomic E-state index is 12.0. The highest BCUT2D eigenvalue weighted by Gasteiger charge is 2.10. The average molecular weight is 343 g/mol. The quantitative estimate of drug-likeness (QED) is 0.781. The van der Waals surface area contributed by atoms with Crippen LogP contribution in [0.25, 0.3) is 0 Å². The molecule has 1 unspecified atom stereocenters. The third kappa shape index (κ3) is 5.42. The van der Waals surface area contributed by atoms with Gasteiger partial charge in [-0.05, 0) is 30.2 Å². The Morgan fingerprint density at radius 1 is 1.12 bits per heavy atom. The minimum absolute atomic E-state index is 0.000440. The second-order valence-corrected chi connectivity index (χ2v) is 6.37. The summed E-state index contributed by atoms with van der Waals surface area (Å²) in [5.41, 5.74) is 2.60.